The van der Waals surface area contributed by atoms with Gasteiger partial charge in [-0.25, -0.2) is 0 Å². The number of hydrogen-bond acceptors (Lipinski definition) is 2. The Bertz CT molecular complexity index is 532. The Balaban J connectivity index is 2.12. The van der Waals surface area contributed by atoms with Gasteiger partial charge in [0, 0.05) is 29.4 Å². The van der Waals surface area contributed by atoms with Crippen LogP contribution in [0.3, 0.4) is 0 Å². The Kier molecular flexibility index (Phi) is 4.12. The second kappa shape index (κ2) is 5.88. The molecular formula is C17H22ClNO2. The molecule has 0 atom stereocenters. The van der Waals surface area contributed by atoms with E-state index < -0.39 is 11.4 Å². The van der Waals surface area contributed by atoms with Crippen LogP contribution in [0, 0.1) is 0 Å². The lowest BCUT2D eigenvalue weighted by molar-refractivity contribution is -0.145. The first kappa shape index (κ1) is 14.7. The SMILES string of the molecule is O=C(O)C1(c2c(Cl)cccc2N2CCCC2)CCCCC1. The highest BCUT2D eigenvalue weighted by atomic mass is 35.5. The Hall–Kier alpha value is -1.22. The van der Waals surface area contributed by atoms with E-state index in [1.807, 2.05) is 18.2 Å². The van der Waals surface area contributed by atoms with Crippen LogP contribution in [0.5, 0.6) is 0 Å². The van der Waals surface area contributed by atoms with E-state index in [1.54, 1.807) is 0 Å². The molecule has 2 fully saturated rings. The number of anilines is 1. The van der Waals surface area contributed by atoms with E-state index in [2.05, 4.69) is 4.90 Å². The van der Waals surface area contributed by atoms with Crippen molar-refractivity contribution in [1.82, 2.24) is 0 Å². The van der Waals surface area contributed by atoms with Crippen LogP contribution in [0.25, 0.3) is 0 Å². The highest BCUT2D eigenvalue weighted by Gasteiger charge is 2.44. The van der Waals surface area contributed by atoms with E-state index in [1.165, 1.54) is 12.8 Å². The molecule has 0 aromatic heterocycles. The Morgan fingerprint density at radius 1 is 1.10 bits per heavy atom. The van der Waals surface area contributed by atoms with Crippen LogP contribution in [0.15, 0.2) is 18.2 Å². The lowest BCUT2D eigenvalue weighted by Gasteiger charge is -2.37. The van der Waals surface area contributed by atoms with Gasteiger partial charge >= 0.3 is 5.97 Å². The van der Waals surface area contributed by atoms with Crippen molar-refractivity contribution in [2.24, 2.45) is 0 Å². The molecule has 1 aromatic carbocycles. The van der Waals surface area contributed by atoms with E-state index in [4.69, 9.17) is 11.6 Å². The molecule has 1 heterocycles. The van der Waals surface area contributed by atoms with Crippen molar-refractivity contribution < 1.29 is 9.90 Å². The van der Waals surface area contributed by atoms with Crippen molar-refractivity contribution >= 4 is 23.3 Å². The average Bonchev–Trinajstić information content (AvgIpc) is 3.01. The quantitative estimate of drug-likeness (QED) is 0.908. The highest BCUT2D eigenvalue weighted by Crippen LogP contribution is 2.47. The number of nitrogens with zero attached hydrogens (tertiary/aromatic N) is 1. The number of rotatable bonds is 3. The van der Waals surface area contributed by atoms with Gasteiger partial charge in [0.05, 0.1) is 5.41 Å². The maximum Gasteiger partial charge on any atom is 0.314 e. The first-order valence-electron chi connectivity index (χ1n) is 7.92. The van der Waals surface area contributed by atoms with Gasteiger partial charge in [0.1, 0.15) is 0 Å². The third kappa shape index (κ3) is 2.52. The molecule has 1 aromatic rings. The van der Waals surface area contributed by atoms with E-state index in [-0.39, 0.29) is 0 Å². The number of aliphatic carboxylic acids is 1. The summed E-state index contributed by atoms with van der Waals surface area (Å²) in [5.74, 6) is -0.712. The van der Waals surface area contributed by atoms with Gasteiger partial charge in [-0.3, -0.25) is 4.79 Å². The van der Waals surface area contributed by atoms with E-state index in [0.29, 0.717) is 17.9 Å². The molecule has 3 rings (SSSR count). The summed E-state index contributed by atoms with van der Waals surface area (Å²) in [6.45, 7) is 2.01. The zero-order valence-corrected chi connectivity index (χ0v) is 13.0. The molecule has 1 saturated heterocycles. The summed E-state index contributed by atoms with van der Waals surface area (Å²) in [5.41, 5.74) is 1.11. The normalized spacial score (nSPS) is 21.5. The zero-order valence-electron chi connectivity index (χ0n) is 12.3. The molecule has 0 radical (unpaired) electrons. The highest BCUT2D eigenvalue weighted by molar-refractivity contribution is 6.32. The summed E-state index contributed by atoms with van der Waals surface area (Å²) >= 11 is 6.48. The second-order valence-electron chi connectivity index (χ2n) is 6.28. The average molecular weight is 308 g/mol. The predicted octanol–water partition coefficient (Wildman–Crippen LogP) is 4.23. The van der Waals surface area contributed by atoms with Crippen LogP contribution in [-0.2, 0) is 10.2 Å². The third-order valence-corrected chi connectivity index (χ3v) is 5.35. The van der Waals surface area contributed by atoms with Gasteiger partial charge in [0.15, 0.2) is 0 Å². The molecule has 1 saturated carbocycles. The number of halogens is 1. The second-order valence-corrected chi connectivity index (χ2v) is 6.68. The molecule has 2 aliphatic rings. The minimum atomic E-state index is -0.797. The van der Waals surface area contributed by atoms with Crippen LogP contribution in [0.2, 0.25) is 5.02 Å². The van der Waals surface area contributed by atoms with Crippen LogP contribution < -0.4 is 4.90 Å². The zero-order chi connectivity index (χ0) is 14.9. The Labute approximate surface area is 130 Å². The fraction of sp³-hybridized carbons (Fsp3) is 0.588. The van der Waals surface area contributed by atoms with E-state index >= 15 is 0 Å². The first-order valence-corrected chi connectivity index (χ1v) is 8.30. The lowest BCUT2D eigenvalue weighted by atomic mass is 9.68. The standard InChI is InChI=1S/C17H22ClNO2/c18-13-7-6-8-14(19-11-4-5-12-19)15(13)17(16(20)21)9-2-1-3-10-17/h6-8H,1-5,9-12H2,(H,20,21). The lowest BCUT2D eigenvalue weighted by Crippen LogP contribution is -2.39. The molecule has 4 heteroatoms. The molecule has 1 aliphatic carbocycles. The van der Waals surface area contributed by atoms with Gasteiger partial charge in [-0.05, 0) is 37.8 Å². The van der Waals surface area contributed by atoms with Gasteiger partial charge in [0.2, 0.25) is 0 Å². The van der Waals surface area contributed by atoms with Crippen LogP contribution in [0.4, 0.5) is 5.69 Å². The maximum absolute atomic E-state index is 12.1. The predicted molar refractivity (Wildman–Crippen MR) is 85.3 cm³/mol. The summed E-state index contributed by atoms with van der Waals surface area (Å²) in [6, 6.07) is 5.83. The summed E-state index contributed by atoms with van der Waals surface area (Å²) in [7, 11) is 0. The maximum atomic E-state index is 12.1. The number of hydrogen-bond donors (Lipinski definition) is 1. The van der Waals surface area contributed by atoms with Gasteiger partial charge in [-0.2, -0.15) is 0 Å². The largest absolute Gasteiger partial charge is 0.481 e. The topological polar surface area (TPSA) is 40.5 Å². The molecule has 0 spiro atoms. The van der Waals surface area contributed by atoms with Gasteiger partial charge in [-0.15, -0.1) is 0 Å². The molecule has 0 amide bonds. The Morgan fingerprint density at radius 3 is 2.38 bits per heavy atom. The molecule has 1 N–H and O–H groups in total. The first-order chi connectivity index (χ1) is 10.1. The van der Waals surface area contributed by atoms with Gasteiger partial charge in [0.25, 0.3) is 0 Å². The van der Waals surface area contributed by atoms with Gasteiger partial charge in [-0.1, -0.05) is 36.9 Å². The molecule has 21 heavy (non-hydrogen) atoms. The van der Waals surface area contributed by atoms with Crippen molar-refractivity contribution in [3.8, 4) is 0 Å². The summed E-state index contributed by atoms with van der Waals surface area (Å²) in [5, 5.41) is 10.6. The summed E-state index contributed by atoms with van der Waals surface area (Å²) < 4.78 is 0. The van der Waals surface area contributed by atoms with Crippen molar-refractivity contribution in [1.29, 1.82) is 0 Å². The van der Waals surface area contributed by atoms with Crippen LogP contribution in [0.1, 0.15) is 50.5 Å². The van der Waals surface area contributed by atoms with E-state index in [0.717, 1.165) is 43.6 Å². The Morgan fingerprint density at radius 2 is 1.76 bits per heavy atom. The fourth-order valence-electron chi connectivity index (χ4n) is 3.93. The number of carbonyl (C=O) groups is 1. The molecule has 3 nitrogen and oxygen atoms in total. The molecule has 0 bridgehead atoms. The number of carboxylic acid groups (broad SMARTS) is 1. The number of benzene rings is 1. The van der Waals surface area contributed by atoms with Crippen molar-refractivity contribution in [3.63, 3.8) is 0 Å². The minimum Gasteiger partial charge on any atom is -0.481 e. The van der Waals surface area contributed by atoms with Crippen LogP contribution >= 0.6 is 11.6 Å². The van der Waals surface area contributed by atoms with Gasteiger partial charge < -0.3 is 10.0 Å². The fourth-order valence-corrected chi connectivity index (χ4v) is 4.28. The molecule has 1 aliphatic heterocycles. The van der Waals surface area contributed by atoms with Crippen molar-refractivity contribution in [3.05, 3.63) is 28.8 Å². The van der Waals surface area contributed by atoms with Crippen molar-refractivity contribution in [2.75, 3.05) is 18.0 Å². The third-order valence-electron chi connectivity index (χ3n) is 5.03. The number of carboxylic acids is 1. The summed E-state index contributed by atoms with van der Waals surface area (Å²) in [6.07, 6.45) is 6.81. The smallest absolute Gasteiger partial charge is 0.314 e. The van der Waals surface area contributed by atoms with Crippen LogP contribution in [-0.4, -0.2) is 24.2 Å². The van der Waals surface area contributed by atoms with E-state index in [9.17, 15) is 9.90 Å². The molecular weight excluding hydrogens is 286 g/mol. The minimum absolute atomic E-state index is 0.615. The molecule has 114 valence electrons. The molecule has 0 unspecified atom stereocenters. The summed E-state index contributed by atoms with van der Waals surface area (Å²) in [4.78, 5) is 14.4. The van der Waals surface area contributed by atoms with Crippen molar-refractivity contribution in [2.45, 2.75) is 50.4 Å². The monoisotopic (exact) mass is 307 g/mol.